The Bertz CT molecular complexity index is 790. The van der Waals surface area contributed by atoms with Crippen molar-refractivity contribution in [3.63, 3.8) is 0 Å². The summed E-state index contributed by atoms with van der Waals surface area (Å²) in [6.07, 6.45) is 4.10. The molecule has 0 aliphatic rings. The zero-order valence-corrected chi connectivity index (χ0v) is 15.3. The van der Waals surface area contributed by atoms with Crippen molar-refractivity contribution in [2.24, 2.45) is 4.99 Å². The molecule has 0 spiro atoms. The van der Waals surface area contributed by atoms with Crippen LogP contribution < -0.4 is 10.6 Å². The van der Waals surface area contributed by atoms with Crippen LogP contribution in [0.25, 0.3) is 11.0 Å². The Balaban J connectivity index is 1.32. The third-order valence-corrected chi connectivity index (χ3v) is 4.32. The van der Waals surface area contributed by atoms with Gasteiger partial charge < -0.3 is 15.6 Å². The summed E-state index contributed by atoms with van der Waals surface area (Å²) < 4.78 is 0. The van der Waals surface area contributed by atoms with E-state index in [1.54, 1.807) is 0 Å². The zero-order chi connectivity index (χ0) is 18.0. The lowest BCUT2D eigenvalue weighted by molar-refractivity contribution is 0.709. The Morgan fingerprint density at radius 2 is 1.62 bits per heavy atom. The lowest BCUT2D eigenvalue weighted by Gasteiger charge is -2.11. The highest BCUT2D eigenvalue weighted by Crippen LogP contribution is 2.11. The first kappa shape index (κ1) is 18.0. The standard InChI is InChI=1S/C21H27N5/c1-22-21(23-15-7-11-17-9-3-2-4-10-17)24-16-8-14-20-25-18-12-5-6-13-19(18)26-20/h2-6,9-10,12-13H,7-8,11,14-16H2,1H3,(H,25,26)(H2,22,23,24). The third kappa shape index (κ3) is 5.34. The van der Waals surface area contributed by atoms with Gasteiger partial charge in [0, 0.05) is 26.6 Å². The van der Waals surface area contributed by atoms with E-state index in [4.69, 9.17) is 0 Å². The van der Waals surface area contributed by atoms with Crippen LogP contribution in [0.5, 0.6) is 0 Å². The van der Waals surface area contributed by atoms with Crippen LogP contribution in [0, 0.1) is 0 Å². The predicted molar refractivity (Wildman–Crippen MR) is 109 cm³/mol. The smallest absolute Gasteiger partial charge is 0.190 e. The molecule has 1 heterocycles. The van der Waals surface area contributed by atoms with E-state index in [2.05, 4.69) is 62.0 Å². The number of nitrogens with zero attached hydrogens (tertiary/aromatic N) is 2. The Labute approximate surface area is 155 Å². The van der Waals surface area contributed by atoms with Crippen molar-refractivity contribution in [3.05, 3.63) is 66.0 Å². The molecule has 5 nitrogen and oxygen atoms in total. The molecule has 1 aromatic heterocycles. The van der Waals surface area contributed by atoms with Gasteiger partial charge in [-0.2, -0.15) is 0 Å². The quantitative estimate of drug-likeness (QED) is 0.332. The number of guanidine groups is 1. The fourth-order valence-corrected chi connectivity index (χ4v) is 2.95. The van der Waals surface area contributed by atoms with Gasteiger partial charge in [-0.05, 0) is 37.0 Å². The number of imidazole rings is 1. The van der Waals surface area contributed by atoms with Crippen LogP contribution in [-0.2, 0) is 12.8 Å². The van der Waals surface area contributed by atoms with Gasteiger partial charge in [-0.1, -0.05) is 42.5 Å². The number of aliphatic imine (C=N–C) groups is 1. The summed E-state index contributed by atoms with van der Waals surface area (Å²) in [5.41, 5.74) is 3.51. The van der Waals surface area contributed by atoms with Crippen molar-refractivity contribution in [2.45, 2.75) is 25.7 Å². The fourth-order valence-electron chi connectivity index (χ4n) is 2.95. The Kier molecular flexibility index (Phi) is 6.65. The van der Waals surface area contributed by atoms with Gasteiger partial charge in [-0.25, -0.2) is 4.98 Å². The number of aromatic amines is 1. The molecule has 136 valence electrons. The fraction of sp³-hybridized carbons (Fsp3) is 0.333. The summed E-state index contributed by atoms with van der Waals surface area (Å²) in [5.74, 6) is 1.90. The molecule has 0 unspecified atom stereocenters. The van der Waals surface area contributed by atoms with E-state index in [0.29, 0.717) is 0 Å². The van der Waals surface area contributed by atoms with Crippen LogP contribution in [0.2, 0.25) is 0 Å². The molecule has 0 aliphatic heterocycles. The second-order valence-corrected chi connectivity index (χ2v) is 6.32. The molecule has 5 heteroatoms. The Morgan fingerprint density at radius 1 is 0.923 bits per heavy atom. The molecule has 0 radical (unpaired) electrons. The van der Waals surface area contributed by atoms with Crippen molar-refractivity contribution in [3.8, 4) is 0 Å². The molecule has 0 bridgehead atoms. The van der Waals surface area contributed by atoms with Crippen LogP contribution in [0.15, 0.2) is 59.6 Å². The van der Waals surface area contributed by atoms with Gasteiger partial charge in [0.2, 0.25) is 0 Å². The molecule has 3 aromatic rings. The minimum Gasteiger partial charge on any atom is -0.356 e. The molecule has 0 fully saturated rings. The second kappa shape index (κ2) is 9.61. The number of nitrogens with one attached hydrogen (secondary N) is 3. The molecule has 0 saturated carbocycles. The van der Waals surface area contributed by atoms with Gasteiger partial charge in [0.1, 0.15) is 5.82 Å². The first-order valence-electron chi connectivity index (χ1n) is 9.27. The van der Waals surface area contributed by atoms with Gasteiger partial charge >= 0.3 is 0 Å². The number of para-hydroxylation sites is 2. The SMILES string of the molecule is CN=C(NCCCc1ccccc1)NCCCc1nc2ccccc2[nH]1. The van der Waals surface area contributed by atoms with E-state index in [0.717, 1.165) is 61.6 Å². The zero-order valence-electron chi connectivity index (χ0n) is 15.3. The van der Waals surface area contributed by atoms with E-state index < -0.39 is 0 Å². The Morgan fingerprint density at radius 3 is 2.35 bits per heavy atom. The maximum Gasteiger partial charge on any atom is 0.190 e. The van der Waals surface area contributed by atoms with E-state index in [9.17, 15) is 0 Å². The summed E-state index contributed by atoms with van der Waals surface area (Å²) in [4.78, 5) is 12.3. The number of H-pyrrole nitrogens is 1. The monoisotopic (exact) mass is 349 g/mol. The van der Waals surface area contributed by atoms with E-state index in [-0.39, 0.29) is 0 Å². The van der Waals surface area contributed by atoms with Crippen molar-refractivity contribution >= 4 is 17.0 Å². The second-order valence-electron chi connectivity index (χ2n) is 6.32. The lowest BCUT2D eigenvalue weighted by Crippen LogP contribution is -2.38. The number of aromatic nitrogens is 2. The Hall–Kier alpha value is -2.82. The molecular formula is C21H27N5. The molecule has 2 aromatic carbocycles. The first-order valence-corrected chi connectivity index (χ1v) is 9.27. The van der Waals surface area contributed by atoms with Gasteiger partial charge in [0.15, 0.2) is 5.96 Å². The number of rotatable bonds is 8. The molecule has 26 heavy (non-hydrogen) atoms. The van der Waals surface area contributed by atoms with Crippen molar-refractivity contribution in [1.82, 2.24) is 20.6 Å². The average molecular weight is 349 g/mol. The van der Waals surface area contributed by atoms with Crippen LogP contribution in [0.1, 0.15) is 24.2 Å². The summed E-state index contributed by atoms with van der Waals surface area (Å²) in [7, 11) is 1.81. The van der Waals surface area contributed by atoms with Crippen molar-refractivity contribution in [2.75, 3.05) is 20.1 Å². The molecule has 0 atom stereocenters. The summed E-state index contributed by atoms with van der Waals surface area (Å²) >= 11 is 0. The largest absolute Gasteiger partial charge is 0.356 e. The maximum atomic E-state index is 4.61. The number of benzene rings is 2. The van der Waals surface area contributed by atoms with Gasteiger partial charge in [0.05, 0.1) is 11.0 Å². The van der Waals surface area contributed by atoms with E-state index in [1.165, 1.54) is 5.56 Å². The molecular weight excluding hydrogens is 322 g/mol. The highest BCUT2D eigenvalue weighted by atomic mass is 15.2. The summed E-state index contributed by atoms with van der Waals surface area (Å²) in [5, 5.41) is 6.74. The molecule has 0 aliphatic carbocycles. The van der Waals surface area contributed by atoms with Gasteiger partial charge in [-0.15, -0.1) is 0 Å². The number of hydrogen-bond acceptors (Lipinski definition) is 2. The van der Waals surface area contributed by atoms with Crippen LogP contribution in [0.4, 0.5) is 0 Å². The molecule has 0 saturated heterocycles. The third-order valence-electron chi connectivity index (χ3n) is 4.32. The van der Waals surface area contributed by atoms with Crippen molar-refractivity contribution in [1.29, 1.82) is 0 Å². The van der Waals surface area contributed by atoms with E-state index in [1.807, 2.05) is 25.2 Å². The molecule has 3 rings (SSSR count). The summed E-state index contributed by atoms with van der Waals surface area (Å²) in [6.45, 7) is 1.79. The predicted octanol–water partition coefficient (Wildman–Crippen LogP) is 3.29. The summed E-state index contributed by atoms with van der Waals surface area (Å²) in [6, 6.07) is 18.7. The number of fused-ring (bicyclic) bond motifs is 1. The topological polar surface area (TPSA) is 65.1 Å². The van der Waals surface area contributed by atoms with Gasteiger partial charge in [-0.3, -0.25) is 4.99 Å². The molecule has 0 amide bonds. The minimum absolute atomic E-state index is 0.864. The average Bonchev–Trinajstić information content (AvgIpc) is 3.10. The lowest BCUT2D eigenvalue weighted by atomic mass is 10.1. The first-order chi connectivity index (χ1) is 12.8. The highest BCUT2D eigenvalue weighted by Gasteiger charge is 2.02. The van der Waals surface area contributed by atoms with Crippen LogP contribution in [0.3, 0.4) is 0 Å². The van der Waals surface area contributed by atoms with E-state index >= 15 is 0 Å². The number of aryl methyl sites for hydroxylation is 2. The van der Waals surface area contributed by atoms with Crippen LogP contribution >= 0.6 is 0 Å². The minimum atomic E-state index is 0.864. The maximum absolute atomic E-state index is 4.61. The van der Waals surface area contributed by atoms with Crippen molar-refractivity contribution < 1.29 is 0 Å². The molecule has 3 N–H and O–H groups in total. The highest BCUT2D eigenvalue weighted by molar-refractivity contribution is 5.79. The van der Waals surface area contributed by atoms with Crippen LogP contribution in [-0.4, -0.2) is 36.1 Å². The number of hydrogen-bond donors (Lipinski definition) is 3. The van der Waals surface area contributed by atoms with Gasteiger partial charge in [0.25, 0.3) is 0 Å². The normalized spacial score (nSPS) is 11.7.